The third kappa shape index (κ3) is 4.49. The summed E-state index contributed by atoms with van der Waals surface area (Å²) in [6.07, 6.45) is -0.986. The summed E-state index contributed by atoms with van der Waals surface area (Å²) in [4.78, 5) is 26.6. The first-order valence-electron chi connectivity index (χ1n) is 8.26. The van der Waals surface area contributed by atoms with E-state index in [-0.39, 0.29) is 17.2 Å². The quantitative estimate of drug-likeness (QED) is 0.695. The van der Waals surface area contributed by atoms with E-state index in [9.17, 15) is 9.59 Å². The van der Waals surface area contributed by atoms with E-state index in [0.29, 0.717) is 17.2 Å². The lowest BCUT2D eigenvalue weighted by atomic mass is 10.1. The van der Waals surface area contributed by atoms with Crippen LogP contribution in [0.2, 0.25) is 0 Å². The van der Waals surface area contributed by atoms with Crippen molar-refractivity contribution in [3.63, 3.8) is 0 Å². The second kappa shape index (κ2) is 8.93. The summed E-state index contributed by atoms with van der Waals surface area (Å²) in [7, 11) is 5.99. The highest BCUT2D eigenvalue weighted by atomic mass is 16.6. The maximum atomic E-state index is 12.6. The summed E-state index contributed by atoms with van der Waals surface area (Å²) in [5.74, 6) is -0.0257. The number of carbonyl (C=O) groups is 2. The first-order valence-corrected chi connectivity index (χ1v) is 8.26. The summed E-state index contributed by atoms with van der Waals surface area (Å²) in [6.45, 7) is 1.52. The average Bonchev–Trinajstić information content (AvgIpc) is 2.71. The molecule has 7 nitrogen and oxygen atoms in total. The molecule has 1 amide bonds. The average molecular weight is 373 g/mol. The molecule has 0 radical (unpaired) electrons. The predicted octanol–water partition coefficient (Wildman–Crippen LogP) is 2.92. The summed E-state index contributed by atoms with van der Waals surface area (Å²) in [5, 5.41) is 0. The number of benzene rings is 2. The number of carbonyl (C=O) groups excluding carboxylic acids is 2. The monoisotopic (exact) mass is 373 g/mol. The molecule has 0 aliphatic rings. The van der Waals surface area contributed by atoms with Crippen LogP contribution < -0.4 is 19.1 Å². The fraction of sp³-hybridized carbons (Fsp3) is 0.300. The van der Waals surface area contributed by atoms with Gasteiger partial charge < -0.3 is 23.8 Å². The number of hydrogen-bond donors (Lipinski definition) is 0. The lowest BCUT2D eigenvalue weighted by Crippen LogP contribution is -2.37. The number of anilines is 1. The molecular weight excluding hydrogens is 350 g/mol. The minimum absolute atomic E-state index is 0.136. The van der Waals surface area contributed by atoms with Crippen molar-refractivity contribution in [2.45, 2.75) is 13.0 Å². The van der Waals surface area contributed by atoms with E-state index in [1.54, 1.807) is 19.2 Å². The highest BCUT2D eigenvalue weighted by molar-refractivity contribution is 5.99. The lowest BCUT2D eigenvalue weighted by Gasteiger charge is -2.22. The maximum Gasteiger partial charge on any atom is 0.342 e. The second-order valence-corrected chi connectivity index (χ2v) is 5.69. The third-order valence-corrected chi connectivity index (χ3v) is 4.03. The topological polar surface area (TPSA) is 74.3 Å². The molecule has 0 saturated carbocycles. The molecule has 27 heavy (non-hydrogen) atoms. The lowest BCUT2D eigenvalue weighted by molar-refractivity contribution is -0.126. The predicted molar refractivity (Wildman–Crippen MR) is 101 cm³/mol. The van der Waals surface area contributed by atoms with Crippen molar-refractivity contribution >= 4 is 17.6 Å². The van der Waals surface area contributed by atoms with Gasteiger partial charge in [-0.25, -0.2) is 4.79 Å². The number of methoxy groups -OCH3 is 3. The molecule has 0 bridgehead atoms. The van der Waals surface area contributed by atoms with Crippen LogP contribution in [0.25, 0.3) is 0 Å². The Labute approximate surface area is 158 Å². The highest BCUT2D eigenvalue weighted by Crippen LogP contribution is 2.35. The Morgan fingerprint density at radius 3 is 2.00 bits per heavy atom. The van der Waals surface area contributed by atoms with Crippen LogP contribution >= 0.6 is 0 Å². The fourth-order valence-electron chi connectivity index (χ4n) is 2.51. The van der Waals surface area contributed by atoms with Crippen LogP contribution in [0.5, 0.6) is 17.2 Å². The molecule has 0 fully saturated rings. The van der Waals surface area contributed by atoms with Gasteiger partial charge in [0, 0.05) is 24.9 Å². The Kier molecular flexibility index (Phi) is 6.65. The zero-order valence-electron chi connectivity index (χ0n) is 16.0. The van der Waals surface area contributed by atoms with Crippen molar-refractivity contribution in [3.05, 3.63) is 48.0 Å². The standard InChI is InChI=1S/C20H23NO6/c1-13(19(22)21(2)14-9-7-6-8-10-14)27-20(23)15-11-17(25-4)18(26-5)12-16(15)24-3/h6-13H,1-5H3/t13-/m0/s1. The fourth-order valence-corrected chi connectivity index (χ4v) is 2.51. The Bertz CT molecular complexity index is 806. The maximum absolute atomic E-state index is 12.6. The Morgan fingerprint density at radius 1 is 0.889 bits per heavy atom. The smallest absolute Gasteiger partial charge is 0.342 e. The Balaban J connectivity index is 2.19. The molecule has 0 spiro atoms. The molecule has 0 heterocycles. The van der Waals surface area contributed by atoms with E-state index in [1.807, 2.05) is 18.2 Å². The molecule has 0 saturated heterocycles. The van der Waals surface area contributed by atoms with Crippen LogP contribution in [0, 0.1) is 0 Å². The van der Waals surface area contributed by atoms with Crippen LogP contribution in [0.15, 0.2) is 42.5 Å². The van der Waals surface area contributed by atoms with Crippen molar-refractivity contribution in [2.24, 2.45) is 0 Å². The zero-order valence-corrected chi connectivity index (χ0v) is 16.0. The van der Waals surface area contributed by atoms with E-state index >= 15 is 0 Å². The van der Waals surface area contributed by atoms with Gasteiger partial charge in [-0.05, 0) is 19.1 Å². The molecule has 1 atom stereocenters. The van der Waals surface area contributed by atoms with Gasteiger partial charge in [-0.1, -0.05) is 18.2 Å². The Morgan fingerprint density at radius 2 is 1.44 bits per heavy atom. The number of likely N-dealkylation sites (N-methyl/N-ethyl adjacent to an activating group) is 1. The SMILES string of the molecule is COc1cc(OC)c(C(=O)O[C@@H](C)C(=O)N(C)c2ccccc2)cc1OC. The first-order chi connectivity index (χ1) is 12.9. The Hall–Kier alpha value is -3.22. The van der Waals surface area contributed by atoms with Gasteiger partial charge in [-0.3, -0.25) is 4.79 Å². The minimum atomic E-state index is -0.986. The van der Waals surface area contributed by atoms with Gasteiger partial charge in [-0.15, -0.1) is 0 Å². The second-order valence-electron chi connectivity index (χ2n) is 5.69. The van der Waals surface area contributed by atoms with Crippen molar-refractivity contribution < 1.29 is 28.5 Å². The van der Waals surface area contributed by atoms with Gasteiger partial charge in [0.05, 0.1) is 21.3 Å². The van der Waals surface area contributed by atoms with Gasteiger partial charge >= 0.3 is 5.97 Å². The van der Waals surface area contributed by atoms with Crippen LogP contribution in [0.4, 0.5) is 5.69 Å². The molecule has 0 aromatic heterocycles. The van der Waals surface area contributed by atoms with Gasteiger partial charge in [0.25, 0.3) is 5.91 Å². The van der Waals surface area contributed by atoms with E-state index in [1.165, 1.54) is 45.3 Å². The number of amides is 1. The largest absolute Gasteiger partial charge is 0.496 e. The molecule has 0 aliphatic heterocycles. The van der Waals surface area contributed by atoms with E-state index in [2.05, 4.69) is 0 Å². The number of para-hydroxylation sites is 1. The van der Waals surface area contributed by atoms with Crippen molar-refractivity contribution in [2.75, 3.05) is 33.3 Å². The van der Waals surface area contributed by atoms with Crippen molar-refractivity contribution in [1.29, 1.82) is 0 Å². The van der Waals surface area contributed by atoms with Gasteiger partial charge in [-0.2, -0.15) is 0 Å². The van der Waals surface area contributed by atoms with Gasteiger partial charge in [0.15, 0.2) is 17.6 Å². The van der Waals surface area contributed by atoms with Crippen LogP contribution in [0.1, 0.15) is 17.3 Å². The summed E-state index contributed by atoms with van der Waals surface area (Å²) in [5.41, 5.74) is 0.839. The highest BCUT2D eigenvalue weighted by Gasteiger charge is 2.26. The minimum Gasteiger partial charge on any atom is -0.496 e. The molecule has 0 N–H and O–H groups in total. The van der Waals surface area contributed by atoms with Crippen LogP contribution in [0.3, 0.4) is 0 Å². The normalized spacial score (nSPS) is 11.3. The van der Waals surface area contributed by atoms with Crippen molar-refractivity contribution in [3.8, 4) is 17.2 Å². The molecule has 0 unspecified atom stereocenters. The summed E-state index contributed by atoms with van der Waals surface area (Å²) < 4.78 is 21.0. The zero-order chi connectivity index (χ0) is 20.0. The van der Waals surface area contributed by atoms with Crippen LogP contribution in [-0.2, 0) is 9.53 Å². The van der Waals surface area contributed by atoms with E-state index in [0.717, 1.165) is 0 Å². The molecule has 0 aliphatic carbocycles. The van der Waals surface area contributed by atoms with Gasteiger partial charge in [0.2, 0.25) is 0 Å². The molecule has 144 valence electrons. The molecule has 2 rings (SSSR count). The number of ether oxygens (including phenoxy) is 4. The van der Waals surface area contributed by atoms with Crippen molar-refractivity contribution in [1.82, 2.24) is 0 Å². The molecule has 7 heteroatoms. The number of hydrogen-bond acceptors (Lipinski definition) is 6. The number of esters is 1. The number of rotatable bonds is 7. The summed E-state index contributed by atoms with van der Waals surface area (Å²) >= 11 is 0. The molecular formula is C20H23NO6. The van der Waals surface area contributed by atoms with Crippen LogP contribution in [-0.4, -0.2) is 46.4 Å². The first kappa shape index (κ1) is 20.1. The van der Waals surface area contributed by atoms with E-state index in [4.69, 9.17) is 18.9 Å². The summed E-state index contributed by atoms with van der Waals surface area (Å²) in [6, 6.07) is 12.1. The molecule has 2 aromatic carbocycles. The third-order valence-electron chi connectivity index (χ3n) is 4.03. The number of nitrogens with zero attached hydrogens (tertiary/aromatic N) is 1. The molecule has 2 aromatic rings. The van der Waals surface area contributed by atoms with E-state index < -0.39 is 12.1 Å². The van der Waals surface area contributed by atoms with Gasteiger partial charge in [0.1, 0.15) is 11.3 Å².